The van der Waals surface area contributed by atoms with E-state index in [-0.39, 0.29) is 24.3 Å². The van der Waals surface area contributed by atoms with E-state index in [4.69, 9.17) is 0 Å². The molecule has 1 aromatic rings. The average molecular weight is 441 g/mol. The van der Waals surface area contributed by atoms with Gasteiger partial charge in [0.2, 0.25) is 5.91 Å². The molecule has 2 saturated heterocycles. The standard InChI is InChI=1S/C25H36N4O3/c1-19-8-4-5-13-25(19)23(31)29(24(32)27-25)18-22(30)26-16-20-9-11-21(12-10-20)17-28-14-6-2-3-7-15-28/h9-12,19H,2-8,13-18H2,1H3,(H,26,30)(H,27,32). The molecule has 2 atom stereocenters. The molecule has 2 aliphatic heterocycles. The molecule has 0 radical (unpaired) electrons. The zero-order valence-corrected chi connectivity index (χ0v) is 19.2. The lowest BCUT2D eigenvalue weighted by Crippen LogP contribution is -2.54. The molecule has 3 fully saturated rings. The van der Waals surface area contributed by atoms with Gasteiger partial charge in [0.1, 0.15) is 12.1 Å². The maximum Gasteiger partial charge on any atom is 0.325 e. The molecule has 32 heavy (non-hydrogen) atoms. The van der Waals surface area contributed by atoms with Crippen LogP contribution in [0.3, 0.4) is 0 Å². The highest BCUT2D eigenvalue weighted by Gasteiger charge is 2.55. The lowest BCUT2D eigenvalue weighted by atomic mass is 9.73. The SMILES string of the molecule is CC1CCCCC12NC(=O)N(CC(=O)NCc1ccc(CN3CCCCCC3)cc1)C2=O. The quantitative estimate of drug-likeness (QED) is 0.666. The Morgan fingerprint density at radius 1 is 1.03 bits per heavy atom. The fourth-order valence-corrected chi connectivity index (χ4v) is 5.35. The number of carbonyl (C=O) groups is 3. The third kappa shape index (κ3) is 4.98. The zero-order chi connectivity index (χ0) is 22.6. The van der Waals surface area contributed by atoms with Crippen LogP contribution in [0.1, 0.15) is 69.4 Å². The highest BCUT2D eigenvalue weighted by molar-refractivity contribution is 6.09. The number of carbonyl (C=O) groups excluding carboxylic acids is 3. The summed E-state index contributed by atoms with van der Waals surface area (Å²) in [6.45, 7) is 5.47. The van der Waals surface area contributed by atoms with Gasteiger partial charge in [-0.2, -0.15) is 0 Å². The number of nitrogens with one attached hydrogen (secondary N) is 2. The van der Waals surface area contributed by atoms with Gasteiger partial charge in [-0.25, -0.2) is 4.79 Å². The average Bonchev–Trinajstić information content (AvgIpc) is 2.96. The van der Waals surface area contributed by atoms with Crippen LogP contribution in [0.5, 0.6) is 0 Å². The molecule has 7 nitrogen and oxygen atoms in total. The summed E-state index contributed by atoms with van der Waals surface area (Å²) >= 11 is 0. The Bertz CT molecular complexity index is 832. The topological polar surface area (TPSA) is 81.8 Å². The van der Waals surface area contributed by atoms with E-state index >= 15 is 0 Å². The monoisotopic (exact) mass is 440 g/mol. The van der Waals surface area contributed by atoms with Gasteiger partial charge in [0.15, 0.2) is 0 Å². The van der Waals surface area contributed by atoms with Crippen LogP contribution in [0.25, 0.3) is 0 Å². The van der Waals surface area contributed by atoms with Crippen molar-refractivity contribution >= 4 is 17.8 Å². The van der Waals surface area contributed by atoms with Crippen molar-refractivity contribution in [1.82, 2.24) is 20.4 Å². The number of amides is 4. The minimum atomic E-state index is -0.821. The molecule has 1 saturated carbocycles. The zero-order valence-electron chi connectivity index (χ0n) is 19.2. The van der Waals surface area contributed by atoms with E-state index in [0.717, 1.165) is 36.3 Å². The maximum absolute atomic E-state index is 13.0. The molecule has 4 amide bonds. The summed E-state index contributed by atoms with van der Waals surface area (Å²) in [5.74, 6) is -0.473. The first-order valence-electron chi connectivity index (χ1n) is 12.2. The van der Waals surface area contributed by atoms with E-state index in [2.05, 4.69) is 27.7 Å². The Hall–Kier alpha value is -2.41. The molecule has 2 heterocycles. The maximum atomic E-state index is 13.0. The van der Waals surface area contributed by atoms with E-state index in [0.29, 0.717) is 13.0 Å². The molecule has 174 valence electrons. The number of hydrogen-bond donors (Lipinski definition) is 2. The van der Waals surface area contributed by atoms with E-state index in [1.54, 1.807) is 0 Å². The smallest absolute Gasteiger partial charge is 0.325 e. The number of hydrogen-bond acceptors (Lipinski definition) is 4. The first-order chi connectivity index (χ1) is 15.5. The summed E-state index contributed by atoms with van der Waals surface area (Å²) < 4.78 is 0. The lowest BCUT2D eigenvalue weighted by molar-refractivity contribution is -0.137. The second-order valence-corrected chi connectivity index (χ2v) is 9.72. The Labute approximate surface area is 190 Å². The van der Waals surface area contributed by atoms with Gasteiger partial charge in [-0.1, -0.05) is 56.9 Å². The fraction of sp³-hybridized carbons (Fsp3) is 0.640. The molecule has 0 bridgehead atoms. The van der Waals surface area contributed by atoms with Crippen molar-refractivity contribution in [2.75, 3.05) is 19.6 Å². The summed E-state index contributed by atoms with van der Waals surface area (Å²) in [5, 5.41) is 5.75. The van der Waals surface area contributed by atoms with Gasteiger partial charge in [-0.05, 0) is 55.8 Å². The summed E-state index contributed by atoms with van der Waals surface area (Å²) in [5.41, 5.74) is 1.47. The van der Waals surface area contributed by atoms with Gasteiger partial charge in [0.25, 0.3) is 5.91 Å². The van der Waals surface area contributed by atoms with Crippen LogP contribution in [0, 0.1) is 5.92 Å². The minimum Gasteiger partial charge on any atom is -0.350 e. The molecular formula is C25H36N4O3. The van der Waals surface area contributed by atoms with Crippen LogP contribution in [-0.2, 0) is 22.7 Å². The molecule has 1 aromatic carbocycles. The number of likely N-dealkylation sites (tertiary alicyclic amines) is 1. The lowest BCUT2D eigenvalue weighted by Gasteiger charge is -2.36. The fourth-order valence-electron chi connectivity index (χ4n) is 5.35. The third-order valence-corrected chi connectivity index (χ3v) is 7.42. The number of nitrogens with zero attached hydrogens (tertiary/aromatic N) is 2. The van der Waals surface area contributed by atoms with E-state index in [1.807, 2.05) is 19.1 Å². The molecule has 1 spiro atoms. The molecular weight excluding hydrogens is 404 g/mol. The highest BCUT2D eigenvalue weighted by atomic mass is 16.2. The predicted octanol–water partition coefficient (Wildman–Crippen LogP) is 3.18. The Kier molecular flexibility index (Phi) is 7.13. The second-order valence-electron chi connectivity index (χ2n) is 9.72. The normalized spacial score (nSPS) is 26.8. The van der Waals surface area contributed by atoms with E-state index < -0.39 is 11.6 Å². The van der Waals surface area contributed by atoms with Crippen LogP contribution in [0.15, 0.2) is 24.3 Å². The van der Waals surface area contributed by atoms with Gasteiger partial charge in [-0.3, -0.25) is 19.4 Å². The van der Waals surface area contributed by atoms with Crippen LogP contribution in [-0.4, -0.2) is 52.8 Å². The molecule has 0 aromatic heterocycles. The number of imide groups is 1. The third-order valence-electron chi connectivity index (χ3n) is 7.42. The Morgan fingerprint density at radius 3 is 2.41 bits per heavy atom. The van der Waals surface area contributed by atoms with Crippen molar-refractivity contribution in [2.45, 2.75) is 76.9 Å². The van der Waals surface area contributed by atoms with Crippen molar-refractivity contribution < 1.29 is 14.4 Å². The van der Waals surface area contributed by atoms with Crippen molar-refractivity contribution in [1.29, 1.82) is 0 Å². The molecule has 2 unspecified atom stereocenters. The highest BCUT2D eigenvalue weighted by Crippen LogP contribution is 2.38. The Balaban J connectivity index is 1.26. The molecule has 7 heteroatoms. The van der Waals surface area contributed by atoms with Crippen molar-refractivity contribution in [3.05, 3.63) is 35.4 Å². The number of rotatable bonds is 6. The first-order valence-corrected chi connectivity index (χ1v) is 12.2. The van der Waals surface area contributed by atoms with Gasteiger partial charge in [0.05, 0.1) is 0 Å². The van der Waals surface area contributed by atoms with Crippen LogP contribution in [0.2, 0.25) is 0 Å². The van der Waals surface area contributed by atoms with Crippen molar-refractivity contribution in [3.8, 4) is 0 Å². The molecule has 3 aliphatic rings. The summed E-state index contributed by atoms with van der Waals surface area (Å²) in [6.07, 6.45) is 8.79. The van der Waals surface area contributed by atoms with Gasteiger partial charge in [-0.15, -0.1) is 0 Å². The van der Waals surface area contributed by atoms with Gasteiger partial charge < -0.3 is 10.6 Å². The minimum absolute atomic E-state index is 0.0913. The molecule has 1 aliphatic carbocycles. The van der Waals surface area contributed by atoms with Gasteiger partial charge >= 0.3 is 6.03 Å². The van der Waals surface area contributed by atoms with E-state index in [1.165, 1.54) is 44.3 Å². The summed E-state index contributed by atoms with van der Waals surface area (Å²) in [4.78, 5) is 41.5. The van der Waals surface area contributed by atoms with Crippen molar-refractivity contribution in [3.63, 3.8) is 0 Å². The summed E-state index contributed by atoms with van der Waals surface area (Å²) in [7, 11) is 0. The second kappa shape index (κ2) is 10.0. The largest absolute Gasteiger partial charge is 0.350 e. The first kappa shape index (κ1) is 22.8. The van der Waals surface area contributed by atoms with Crippen LogP contribution in [0.4, 0.5) is 4.79 Å². The summed E-state index contributed by atoms with van der Waals surface area (Å²) in [6, 6.07) is 7.88. The van der Waals surface area contributed by atoms with E-state index in [9.17, 15) is 14.4 Å². The predicted molar refractivity (Wildman–Crippen MR) is 123 cm³/mol. The van der Waals surface area contributed by atoms with Crippen LogP contribution >= 0.6 is 0 Å². The number of urea groups is 1. The Morgan fingerprint density at radius 2 is 1.72 bits per heavy atom. The molecule has 4 rings (SSSR count). The van der Waals surface area contributed by atoms with Crippen LogP contribution < -0.4 is 10.6 Å². The number of benzene rings is 1. The molecule has 2 N–H and O–H groups in total. The van der Waals surface area contributed by atoms with Crippen molar-refractivity contribution in [2.24, 2.45) is 5.92 Å². The van der Waals surface area contributed by atoms with Gasteiger partial charge in [0, 0.05) is 13.1 Å².